The highest BCUT2D eigenvalue weighted by Gasteiger charge is 2.23. The number of sulfonamides is 1. The van der Waals surface area contributed by atoms with Crippen molar-refractivity contribution in [3.8, 4) is 0 Å². The van der Waals surface area contributed by atoms with Crippen LogP contribution in [0, 0.1) is 0 Å². The van der Waals surface area contributed by atoms with E-state index in [0.29, 0.717) is 5.69 Å². The van der Waals surface area contributed by atoms with Gasteiger partial charge in [0, 0.05) is 5.69 Å². The van der Waals surface area contributed by atoms with Crippen LogP contribution in [0.25, 0.3) is 0 Å². The largest absolute Gasteiger partial charge is 0.477 e. The second-order valence-corrected chi connectivity index (χ2v) is 5.96. The molecule has 94 valence electrons. The van der Waals surface area contributed by atoms with Crippen LogP contribution in [-0.4, -0.2) is 19.5 Å². The third-order valence-electron chi connectivity index (χ3n) is 2.14. The first-order valence-corrected chi connectivity index (χ1v) is 7.25. The fourth-order valence-electron chi connectivity index (χ4n) is 1.38. The van der Waals surface area contributed by atoms with Crippen LogP contribution in [0.15, 0.2) is 46.7 Å². The lowest BCUT2D eigenvalue weighted by Crippen LogP contribution is -2.15. The summed E-state index contributed by atoms with van der Waals surface area (Å²) < 4.78 is 26.4. The number of rotatable bonds is 4. The summed E-state index contributed by atoms with van der Waals surface area (Å²) in [6.07, 6.45) is 0. The molecule has 1 heterocycles. The summed E-state index contributed by atoms with van der Waals surface area (Å²) in [6.45, 7) is 0. The zero-order valence-corrected chi connectivity index (χ0v) is 10.7. The third-order valence-corrected chi connectivity index (χ3v) is 4.59. The summed E-state index contributed by atoms with van der Waals surface area (Å²) >= 11 is 0.876. The Morgan fingerprint density at radius 2 is 1.83 bits per heavy atom. The smallest absolute Gasteiger partial charge is 0.347 e. The summed E-state index contributed by atoms with van der Waals surface area (Å²) in [7, 11) is -3.87. The zero-order chi connectivity index (χ0) is 13.2. The van der Waals surface area contributed by atoms with Crippen molar-refractivity contribution in [1.82, 2.24) is 0 Å². The van der Waals surface area contributed by atoms with Gasteiger partial charge in [-0.1, -0.05) is 18.2 Å². The molecule has 7 heteroatoms. The molecule has 2 aromatic rings. The molecule has 18 heavy (non-hydrogen) atoms. The fourth-order valence-corrected chi connectivity index (χ4v) is 3.70. The Balaban J connectivity index is 2.37. The van der Waals surface area contributed by atoms with E-state index in [-0.39, 0.29) is 9.77 Å². The van der Waals surface area contributed by atoms with Crippen molar-refractivity contribution in [3.63, 3.8) is 0 Å². The number of para-hydroxylation sites is 1. The van der Waals surface area contributed by atoms with E-state index in [1.165, 1.54) is 11.4 Å². The first kappa shape index (κ1) is 12.6. The topological polar surface area (TPSA) is 83.5 Å². The first-order valence-electron chi connectivity index (χ1n) is 4.89. The minimum Gasteiger partial charge on any atom is -0.477 e. The van der Waals surface area contributed by atoms with Crippen molar-refractivity contribution >= 4 is 33.0 Å². The van der Waals surface area contributed by atoms with E-state index in [9.17, 15) is 13.2 Å². The van der Waals surface area contributed by atoms with Crippen LogP contribution in [0.1, 0.15) is 9.67 Å². The van der Waals surface area contributed by atoms with Gasteiger partial charge in [-0.15, -0.1) is 11.3 Å². The molecule has 0 aliphatic heterocycles. The van der Waals surface area contributed by atoms with E-state index in [1.54, 1.807) is 30.3 Å². The standard InChI is InChI=1S/C11H9NO4S2/c13-11(14)10-9(6-7-17-10)18(15,16)12-8-4-2-1-3-5-8/h1-7,12H,(H,13,14). The van der Waals surface area contributed by atoms with Crippen molar-refractivity contribution in [2.75, 3.05) is 4.72 Å². The van der Waals surface area contributed by atoms with Crippen molar-refractivity contribution in [1.29, 1.82) is 0 Å². The van der Waals surface area contributed by atoms with E-state index in [1.807, 2.05) is 0 Å². The van der Waals surface area contributed by atoms with Crippen LogP contribution in [-0.2, 0) is 10.0 Å². The average molecular weight is 283 g/mol. The zero-order valence-electron chi connectivity index (χ0n) is 9.03. The molecule has 0 bridgehead atoms. The number of thiophene rings is 1. The van der Waals surface area contributed by atoms with Gasteiger partial charge in [-0.05, 0) is 23.6 Å². The third kappa shape index (κ3) is 2.52. The van der Waals surface area contributed by atoms with Crippen molar-refractivity contribution in [2.24, 2.45) is 0 Å². The van der Waals surface area contributed by atoms with Gasteiger partial charge in [0.15, 0.2) is 0 Å². The molecule has 2 N–H and O–H groups in total. The number of hydrogen-bond acceptors (Lipinski definition) is 4. The van der Waals surface area contributed by atoms with Gasteiger partial charge in [-0.2, -0.15) is 0 Å². The number of carboxylic acids is 1. The van der Waals surface area contributed by atoms with Gasteiger partial charge in [0.1, 0.15) is 9.77 Å². The Hall–Kier alpha value is -1.86. The molecular weight excluding hydrogens is 274 g/mol. The minimum atomic E-state index is -3.87. The Labute approximate surface area is 108 Å². The summed E-state index contributed by atoms with van der Waals surface area (Å²) in [5, 5.41) is 10.3. The van der Waals surface area contributed by atoms with Crippen LogP contribution in [0.3, 0.4) is 0 Å². The normalized spacial score (nSPS) is 11.1. The van der Waals surface area contributed by atoms with Gasteiger partial charge in [-0.25, -0.2) is 13.2 Å². The fraction of sp³-hybridized carbons (Fsp3) is 0. The van der Waals surface area contributed by atoms with Crippen LogP contribution < -0.4 is 4.72 Å². The molecule has 0 spiro atoms. The highest BCUT2D eigenvalue weighted by atomic mass is 32.2. The molecule has 0 atom stereocenters. The van der Waals surface area contributed by atoms with E-state index in [2.05, 4.69) is 4.72 Å². The Morgan fingerprint density at radius 3 is 2.44 bits per heavy atom. The maximum atomic E-state index is 12.0. The van der Waals surface area contributed by atoms with Crippen molar-refractivity contribution in [3.05, 3.63) is 46.7 Å². The molecule has 2 rings (SSSR count). The first-order chi connectivity index (χ1) is 8.50. The Bertz CT molecular complexity index is 661. The molecule has 1 aromatic heterocycles. The van der Waals surface area contributed by atoms with Gasteiger partial charge < -0.3 is 5.11 Å². The number of carbonyl (C=O) groups is 1. The Morgan fingerprint density at radius 1 is 1.17 bits per heavy atom. The number of anilines is 1. The number of carboxylic acid groups (broad SMARTS) is 1. The van der Waals surface area contributed by atoms with Gasteiger partial charge in [0.25, 0.3) is 10.0 Å². The van der Waals surface area contributed by atoms with E-state index < -0.39 is 16.0 Å². The molecule has 0 aliphatic rings. The van der Waals surface area contributed by atoms with Crippen LogP contribution in [0.2, 0.25) is 0 Å². The second kappa shape index (κ2) is 4.79. The maximum Gasteiger partial charge on any atom is 0.347 e. The highest BCUT2D eigenvalue weighted by molar-refractivity contribution is 7.93. The summed E-state index contributed by atoms with van der Waals surface area (Å²) in [5.41, 5.74) is 0.389. The SMILES string of the molecule is O=C(O)c1sccc1S(=O)(=O)Nc1ccccc1. The predicted octanol–water partition coefficient (Wildman–Crippen LogP) is 2.25. The monoisotopic (exact) mass is 283 g/mol. The molecule has 0 saturated carbocycles. The molecule has 0 amide bonds. The molecule has 5 nitrogen and oxygen atoms in total. The van der Waals surface area contributed by atoms with Gasteiger partial charge in [-0.3, -0.25) is 4.72 Å². The summed E-state index contributed by atoms with van der Waals surface area (Å²) in [5.74, 6) is -1.25. The molecule has 0 fully saturated rings. The molecular formula is C11H9NO4S2. The van der Waals surface area contributed by atoms with Gasteiger partial charge in [0.2, 0.25) is 0 Å². The van der Waals surface area contributed by atoms with Crippen LogP contribution >= 0.6 is 11.3 Å². The average Bonchev–Trinajstić information content (AvgIpc) is 2.79. The van der Waals surface area contributed by atoms with Gasteiger partial charge >= 0.3 is 5.97 Å². The minimum absolute atomic E-state index is 0.196. The van der Waals surface area contributed by atoms with E-state index in [4.69, 9.17) is 5.11 Å². The molecule has 1 aromatic carbocycles. The summed E-state index contributed by atoms with van der Waals surface area (Å²) in [4.78, 5) is 10.5. The molecule has 0 unspecified atom stereocenters. The molecule has 0 radical (unpaired) electrons. The number of aromatic carboxylic acids is 1. The van der Waals surface area contributed by atoms with Crippen molar-refractivity contribution < 1.29 is 18.3 Å². The van der Waals surface area contributed by atoms with Gasteiger partial charge in [0.05, 0.1) is 0 Å². The van der Waals surface area contributed by atoms with E-state index in [0.717, 1.165) is 11.3 Å². The lowest BCUT2D eigenvalue weighted by atomic mass is 10.3. The Kier molecular flexibility index (Phi) is 3.35. The molecule has 0 saturated heterocycles. The summed E-state index contributed by atoms with van der Waals surface area (Å²) in [6, 6.07) is 9.58. The second-order valence-electron chi connectivity index (χ2n) is 3.39. The quantitative estimate of drug-likeness (QED) is 0.901. The van der Waals surface area contributed by atoms with Crippen molar-refractivity contribution in [2.45, 2.75) is 4.90 Å². The number of benzene rings is 1. The van der Waals surface area contributed by atoms with Crippen LogP contribution in [0.4, 0.5) is 5.69 Å². The lowest BCUT2D eigenvalue weighted by Gasteiger charge is -2.07. The van der Waals surface area contributed by atoms with Crippen LogP contribution in [0.5, 0.6) is 0 Å². The highest BCUT2D eigenvalue weighted by Crippen LogP contribution is 2.24. The maximum absolute atomic E-state index is 12.0. The van der Waals surface area contributed by atoms with E-state index >= 15 is 0 Å². The number of hydrogen-bond donors (Lipinski definition) is 2. The lowest BCUT2D eigenvalue weighted by molar-refractivity contribution is 0.0698. The number of nitrogens with one attached hydrogen (secondary N) is 1. The molecule has 0 aliphatic carbocycles. The predicted molar refractivity (Wildman–Crippen MR) is 68.5 cm³/mol.